The topological polar surface area (TPSA) is 50.9 Å². The Morgan fingerprint density at radius 2 is 2.17 bits per heavy atom. The minimum atomic E-state index is 0.220. The second kappa shape index (κ2) is 5.46. The number of nitrogens with one attached hydrogen (secondary N) is 1. The Morgan fingerprint density at radius 1 is 1.39 bits per heavy atom. The van der Waals surface area contributed by atoms with Crippen LogP contribution in [0.25, 0.3) is 0 Å². The summed E-state index contributed by atoms with van der Waals surface area (Å²) in [5.74, 6) is 0.791. The fraction of sp³-hybridized carbons (Fsp3) is 0.231. The van der Waals surface area contributed by atoms with Crippen LogP contribution in [0.5, 0.6) is 0 Å². The third-order valence-electron chi connectivity index (χ3n) is 2.55. The van der Waals surface area contributed by atoms with Gasteiger partial charge in [0.15, 0.2) is 0 Å². The van der Waals surface area contributed by atoms with Crippen LogP contribution in [0.3, 0.4) is 0 Å². The number of nitrogens with zero attached hydrogens (tertiary/aromatic N) is 1. The summed E-state index contributed by atoms with van der Waals surface area (Å²) >= 11 is 6.71. The molecule has 0 aliphatic carbocycles. The van der Waals surface area contributed by atoms with Crippen molar-refractivity contribution in [1.29, 1.82) is 0 Å². The highest BCUT2D eigenvalue weighted by Gasteiger charge is 2.08. The average Bonchev–Trinajstić information content (AvgIpc) is 2.76. The number of pyridine rings is 1. The number of aromatic nitrogens is 1. The molecule has 0 saturated carbocycles. The van der Waals surface area contributed by atoms with Gasteiger partial charge in [-0.25, -0.2) is 4.98 Å². The highest BCUT2D eigenvalue weighted by Crippen LogP contribution is 2.25. The number of anilines is 1. The predicted molar refractivity (Wildman–Crippen MR) is 81.2 cm³/mol. The Labute approximate surface area is 116 Å². The van der Waals surface area contributed by atoms with E-state index in [-0.39, 0.29) is 6.04 Å². The summed E-state index contributed by atoms with van der Waals surface area (Å²) in [6.07, 6.45) is 0. The molecule has 5 heteroatoms. The fourth-order valence-electron chi connectivity index (χ4n) is 1.63. The van der Waals surface area contributed by atoms with Crippen LogP contribution in [0.15, 0.2) is 30.3 Å². The molecule has 2 heterocycles. The van der Waals surface area contributed by atoms with Crippen LogP contribution in [0, 0.1) is 6.92 Å². The SMILES string of the molecule is Cc1ccc(C(C)Nc2cccc(C(N)=S)n2)s1. The van der Waals surface area contributed by atoms with Gasteiger partial charge >= 0.3 is 0 Å². The summed E-state index contributed by atoms with van der Waals surface area (Å²) in [4.78, 5) is 7.29. The molecule has 0 fully saturated rings. The number of hydrogen-bond acceptors (Lipinski definition) is 4. The molecule has 2 rings (SSSR count). The van der Waals surface area contributed by atoms with Gasteiger partial charge in [-0.15, -0.1) is 11.3 Å². The van der Waals surface area contributed by atoms with Gasteiger partial charge in [0.1, 0.15) is 10.8 Å². The van der Waals surface area contributed by atoms with Gasteiger partial charge in [-0.2, -0.15) is 0 Å². The van der Waals surface area contributed by atoms with Crippen molar-refractivity contribution in [3.05, 3.63) is 45.8 Å². The lowest BCUT2D eigenvalue weighted by molar-refractivity contribution is 0.896. The minimum absolute atomic E-state index is 0.220. The Bertz CT molecular complexity index is 563. The molecule has 0 saturated heterocycles. The number of rotatable bonds is 4. The number of hydrogen-bond donors (Lipinski definition) is 2. The maximum Gasteiger partial charge on any atom is 0.127 e. The van der Waals surface area contributed by atoms with Crippen molar-refractivity contribution >= 4 is 34.4 Å². The first-order valence-corrected chi connectivity index (χ1v) is 6.88. The second-order valence-electron chi connectivity index (χ2n) is 4.09. The predicted octanol–water partition coefficient (Wildman–Crippen LogP) is 3.26. The summed E-state index contributed by atoms with van der Waals surface area (Å²) in [7, 11) is 0. The van der Waals surface area contributed by atoms with Crippen molar-refractivity contribution < 1.29 is 0 Å². The summed E-state index contributed by atoms with van der Waals surface area (Å²) in [5, 5.41) is 3.35. The Kier molecular flexibility index (Phi) is 3.93. The van der Waals surface area contributed by atoms with Crippen molar-refractivity contribution in [2.45, 2.75) is 19.9 Å². The number of thiophene rings is 1. The van der Waals surface area contributed by atoms with E-state index < -0.39 is 0 Å². The van der Waals surface area contributed by atoms with E-state index in [1.54, 1.807) is 11.3 Å². The lowest BCUT2D eigenvalue weighted by Gasteiger charge is -2.13. The lowest BCUT2D eigenvalue weighted by atomic mass is 10.2. The van der Waals surface area contributed by atoms with Crippen LogP contribution in [0.2, 0.25) is 0 Å². The molecule has 2 aromatic heterocycles. The molecular weight excluding hydrogens is 262 g/mol. The van der Waals surface area contributed by atoms with Gasteiger partial charge in [-0.05, 0) is 38.1 Å². The summed E-state index contributed by atoms with van der Waals surface area (Å²) in [6.45, 7) is 4.22. The van der Waals surface area contributed by atoms with Gasteiger partial charge in [0.25, 0.3) is 0 Å². The van der Waals surface area contributed by atoms with Crippen molar-refractivity contribution in [2.24, 2.45) is 5.73 Å². The van der Waals surface area contributed by atoms with Crippen LogP contribution in [0.1, 0.15) is 28.4 Å². The highest BCUT2D eigenvalue weighted by molar-refractivity contribution is 7.80. The lowest BCUT2D eigenvalue weighted by Crippen LogP contribution is -2.13. The number of thiocarbonyl (C=S) groups is 1. The van der Waals surface area contributed by atoms with E-state index in [9.17, 15) is 0 Å². The molecule has 0 radical (unpaired) electrons. The molecule has 3 nitrogen and oxygen atoms in total. The first kappa shape index (κ1) is 13.0. The van der Waals surface area contributed by atoms with Crippen molar-refractivity contribution in [1.82, 2.24) is 4.98 Å². The van der Waals surface area contributed by atoms with Crippen molar-refractivity contribution in [2.75, 3.05) is 5.32 Å². The van der Waals surface area contributed by atoms with E-state index in [1.807, 2.05) is 18.2 Å². The molecule has 0 amide bonds. The zero-order valence-corrected chi connectivity index (χ0v) is 11.9. The molecule has 1 unspecified atom stereocenters. The molecule has 0 aliphatic heterocycles. The first-order valence-electron chi connectivity index (χ1n) is 5.66. The fourth-order valence-corrected chi connectivity index (χ4v) is 2.62. The third kappa shape index (κ3) is 3.05. The van der Waals surface area contributed by atoms with E-state index in [4.69, 9.17) is 18.0 Å². The zero-order valence-electron chi connectivity index (χ0n) is 10.3. The first-order chi connectivity index (χ1) is 8.56. The Morgan fingerprint density at radius 3 is 2.78 bits per heavy atom. The molecule has 0 spiro atoms. The quantitative estimate of drug-likeness (QED) is 0.842. The molecule has 0 bridgehead atoms. The van der Waals surface area contributed by atoms with Gasteiger partial charge in [0, 0.05) is 9.75 Å². The molecule has 0 aromatic carbocycles. The molecule has 3 N–H and O–H groups in total. The van der Waals surface area contributed by atoms with E-state index in [0.29, 0.717) is 10.7 Å². The number of aryl methyl sites for hydroxylation is 1. The van der Waals surface area contributed by atoms with E-state index in [2.05, 4.69) is 36.3 Å². The van der Waals surface area contributed by atoms with Crippen molar-refractivity contribution in [3.8, 4) is 0 Å². The molecule has 1 atom stereocenters. The number of nitrogens with two attached hydrogens (primary N) is 1. The second-order valence-corrected chi connectivity index (χ2v) is 5.85. The van der Waals surface area contributed by atoms with Crippen LogP contribution in [0.4, 0.5) is 5.82 Å². The van der Waals surface area contributed by atoms with Crippen LogP contribution < -0.4 is 11.1 Å². The standard InChI is InChI=1S/C13H15N3S2/c1-8-6-7-11(18-8)9(2)15-12-5-3-4-10(16-12)13(14)17/h3-7,9H,1-2H3,(H2,14,17)(H,15,16). The summed E-state index contributed by atoms with van der Waals surface area (Å²) in [5.41, 5.74) is 6.21. The van der Waals surface area contributed by atoms with Gasteiger partial charge in [0.2, 0.25) is 0 Å². The normalized spacial score (nSPS) is 12.1. The molecule has 0 aliphatic rings. The monoisotopic (exact) mass is 277 g/mol. The van der Waals surface area contributed by atoms with Crippen LogP contribution in [-0.4, -0.2) is 9.97 Å². The molecule has 18 heavy (non-hydrogen) atoms. The highest BCUT2D eigenvalue weighted by atomic mass is 32.1. The summed E-state index contributed by atoms with van der Waals surface area (Å²) in [6, 6.07) is 10.1. The van der Waals surface area contributed by atoms with Gasteiger partial charge in [-0.1, -0.05) is 18.3 Å². The van der Waals surface area contributed by atoms with E-state index >= 15 is 0 Å². The Balaban J connectivity index is 2.14. The third-order valence-corrected chi connectivity index (χ3v) is 3.95. The molecule has 94 valence electrons. The smallest absolute Gasteiger partial charge is 0.127 e. The average molecular weight is 277 g/mol. The maximum absolute atomic E-state index is 5.57. The van der Waals surface area contributed by atoms with E-state index in [0.717, 1.165) is 5.82 Å². The van der Waals surface area contributed by atoms with E-state index in [1.165, 1.54) is 9.75 Å². The maximum atomic E-state index is 5.57. The molecular formula is C13H15N3S2. The largest absolute Gasteiger partial charge is 0.388 e. The summed E-state index contributed by atoms with van der Waals surface area (Å²) < 4.78 is 0. The van der Waals surface area contributed by atoms with Crippen LogP contribution in [-0.2, 0) is 0 Å². The van der Waals surface area contributed by atoms with Gasteiger partial charge < -0.3 is 11.1 Å². The Hall–Kier alpha value is -1.46. The molecule has 2 aromatic rings. The zero-order chi connectivity index (χ0) is 13.1. The van der Waals surface area contributed by atoms with Gasteiger partial charge in [0.05, 0.1) is 11.7 Å². The van der Waals surface area contributed by atoms with Crippen molar-refractivity contribution in [3.63, 3.8) is 0 Å². The minimum Gasteiger partial charge on any atom is -0.388 e. The van der Waals surface area contributed by atoms with Crippen LogP contribution >= 0.6 is 23.6 Å². The van der Waals surface area contributed by atoms with Gasteiger partial charge in [-0.3, -0.25) is 0 Å².